The molecule has 0 bridgehead atoms. The van der Waals surface area contributed by atoms with Crippen LogP contribution in [0, 0.1) is 0 Å². The molecular formula is C14H13NO8S. The van der Waals surface area contributed by atoms with E-state index in [9.17, 15) is 28.2 Å². The van der Waals surface area contributed by atoms with E-state index in [-0.39, 0.29) is 11.5 Å². The van der Waals surface area contributed by atoms with E-state index in [4.69, 9.17) is 8.83 Å². The molecule has 2 aromatic rings. The fourth-order valence-corrected chi connectivity index (χ4v) is 4.93. The highest BCUT2D eigenvalue weighted by Gasteiger charge is 2.57. The Bertz CT molecular complexity index is 775. The molecule has 0 aliphatic carbocycles. The minimum atomic E-state index is -4.59. The highest BCUT2D eigenvalue weighted by Crippen LogP contribution is 2.38. The van der Waals surface area contributed by atoms with Crippen molar-refractivity contribution in [3.8, 4) is 0 Å². The summed E-state index contributed by atoms with van der Waals surface area (Å²) in [5.41, 5.74) is 0. The SMILES string of the molecule is O=C(O)[C@@H]1[C@H](c2ccco2)N[C@H](c2ccco2)[C@H](C(=O)O)S1(=O)=O. The molecule has 3 rings (SSSR count). The number of rotatable bonds is 4. The van der Waals surface area contributed by atoms with Crippen molar-refractivity contribution in [1.29, 1.82) is 0 Å². The second-order valence-corrected chi connectivity index (χ2v) is 7.45. The highest BCUT2D eigenvalue weighted by atomic mass is 32.2. The van der Waals surface area contributed by atoms with Crippen LogP contribution in [0.3, 0.4) is 0 Å². The van der Waals surface area contributed by atoms with Crippen LogP contribution in [0.25, 0.3) is 0 Å². The summed E-state index contributed by atoms with van der Waals surface area (Å²) in [6.45, 7) is 0. The zero-order chi connectivity index (χ0) is 17.5. The Morgan fingerprint density at radius 2 is 1.33 bits per heavy atom. The lowest BCUT2D eigenvalue weighted by molar-refractivity contribution is -0.138. The first-order valence-corrected chi connectivity index (χ1v) is 8.46. The number of carbonyl (C=O) groups is 2. The third-order valence-corrected chi connectivity index (χ3v) is 6.22. The lowest BCUT2D eigenvalue weighted by Crippen LogP contribution is -2.58. The standard InChI is InChI=1S/C14H13NO8S/c16-13(17)11-9(7-3-1-5-22-7)15-10(8-4-2-6-23-8)12(14(18)19)24(11,20)21/h1-6,9-12,15H,(H,16,17)(H,18,19)/t9-,10+,11-,12+. The summed E-state index contributed by atoms with van der Waals surface area (Å²) in [7, 11) is -4.59. The largest absolute Gasteiger partial charge is 0.480 e. The van der Waals surface area contributed by atoms with Gasteiger partial charge in [0.25, 0.3) is 0 Å². The van der Waals surface area contributed by atoms with Crippen molar-refractivity contribution in [3.63, 3.8) is 0 Å². The maximum Gasteiger partial charge on any atom is 0.324 e. The van der Waals surface area contributed by atoms with E-state index in [1.54, 1.807) is 0 Å². The number of sulfone groups is 1. The summed E-state index contributed by atoms with van der Waals surface area (Å²) in [6.07, 6.45) is 2.54. The molecule has 128 valence electrons. The zero-order valence-corrected chi connectivity index (χ0v) is 12.8. The van der Waals surface area contributed by atoms with Gasteiger partial charge in [0.2, 0.25) is 0 Å². The number of furan rings is 2. The molecule has 3 N–H and O–H groups in total. The van der Waals surface area contributed by atoms with Gasteiger partial charge in [0.05, 0.1) is 24.6 Å². The predicted octanol–water partition coefficient (Wildman–Crippen LogP) is 0.579. The Morgan fingerprint density at radius 3 is 1.62 bits per heavy atom. The summed E-state index contributed by atoms with van der Waals surface area (Å²) >= 11 is 0. The molecule has 24 heavy (non-hydrogen) atoms. The van der Waals surface area contributed by atoms with Gasteiger partial charge in [-0.05, 0) is 24.3 Å². The minimum absolute atomic E-state index is 0.0753. The molecule has 0 aromatic carbocycles. The molecule has 1 saturated heterocycles. The Kier molecular flexibility index (Phi) is 3.93. The molecule has 9 nitrogen and oxygen atoms in total. The van der Waals surface area contributed by atoms with Crippen LogP contribution in [0.15, 0.2) is 45.6 Å². The zero-order valence-electron chi connectivity index (χ0n) is 12.0. The van der Waals surface area contributed by atoms with Gasteiger partial charge >= 0.3 is 11.9 Å². The highest BCUT2D eigenvalue weighted by molar-refractivity contribution is 7.94. The number of carboxylic acids is 2. The molecule has 0 radical (unpaired) electrons. The molecular weight excluding hydrogens is 342 g/mol. The van der Waals surface area contributed by atoms with Crippen LogP contribution in [0.2, 0.25) is 0 Å². The van der Waals surface area contributed by atoms with Crippen molar-refractivity contribution in [3.05, 3.63) is 48.3 Å². The molecule has 1 aliphatic heterocycles. The lowest BCUT2D eigenvalue weighted by Gasteiger charge is -2.37. The summed E-state index contributed by atoms with van der Waals surface area (Å²) in [6, 6.07) is 3.29. The van der Waals surface area contributed by atoms with Gasteiger partial charge in [-0.2, -0.15) is 0 Å². The smallest absolute Gasteiger partial charge is 0.324 e. The van der Waals surface area contributed by atoms with E-state index in [0.717, 1.165) is 0 Å². The first kappa shape index (κ1) is 16.3. The normalized spacial score (nSPS) is 29.2. The third-order valence-electron chi connectivity index (χ3n) is 3.86. The first-order valence-electron chi connectivity index (χ1n) is 6.85. The Morgan fingerprint density at radius 1 is 0.917 bits per heavy atom. The van der Waals surface area contributed by atoms with Crippen molar-refractivity contribution < 1.29 is 37.1 Å². The molecule has 0 unspecified atom stereocenters. The molecule has 0 amide bonds. The summed E-state index contributed by atoms with van der Waals surface area (Å²) in [5, 5.41) is 17.5. The molecule has 1 fully saturated rings. The van der Waals surface area contributed by atoms with Gasteiger partial charge in [0.15, 0.2) is 20.3 Å². The van der Waals surface area contributed by atoms with Crippen molar-refractivity contribution >= 4 is 21.8 Å². The van der Waals surface area contributed by atoms with Crippen LogP contribution in [0.5, 0.6) is 0 Å². The van der Waals surface area contributed by atoms with Gasteiger partial charge in [-0.25, -0.2) is 8.42 Å². The predicted molar refractivity (Wildman–Crippen MR) is 77.8 cm³/mol. The molecule has 3 heterocycles. The van der Waals surface area contributed by atoms with Gasteiger partial charge in [0.1, 0.15) is 11.5 Å². The van der Waals surface area contributed by atoms with Crippen LogP contribution in [0.1, 0.15) is 23.6 Å². The van der Waals surface area contributed by atoms with Crippen LogP contribution in [-0.2, 0) is 19.4 Å². The minimum Gasteiger partial charge on any atom is -0.480 e. The molecule has 4 atom stereocenters. The van der Waals surface area contributed by atoms with E-state index >= 15 is 0 Å². The van der Waals surface area contributed by atoms with Crippen LogP contribution in [-0.4, -0.2) is 41.1 Å². The van der Waals surface area contributed by atoms with Crippen molar-refractivity contribution in [1.82, 2.24) is 5.32 Å². The van der Waals surface area contributed by atoms with E-state index in [0.29, 0.717) is 0 Å². The number of hydrogen-bond donors (Lipinski definition) is 3. The number of aliphatic carboxylic acids is 2. The number of carboxylic acid groups (broad SMARTS) is 2. The van der Waals surface area contributed by atoms with Crippen molar-refractivity contribution in [2.24, 2.45) is 0 Å². The fourth-order valence-electron chi connectivity index (χ4n) is 2.87. The molecule has 0 spiro atoms. The summed E-state index contributed by atoms with van der Waals surface area (Å²) < 4.78 is 35.7. The molecule has 2 aromatic heterocycles. The van der Waals surface area contributed by atoms with E-state index in [1.807, 2.05) is 0 Å². The maximum atomic E-state index is 12.7. The molecule has 1 aliphatic rings. The van der Waals surface area contributed by atoms with Crippen molar-refractivity contribution in [2.75, 3.05) is 0 Å². The Labute approximate surface area is 135 Å². The maximum absolute atomic E-state index is 12.7. The fraction of sp³-hybridized carbons (Fsp3) is 0.286. The van der Waals surface area contributed by atoms with Gasteiger partial charge in [-0.1, -0.05) is 0 Å². The second kappa shape index (κ2) is 5.80. The van der Waals surface area contributed by atoms with E-state index < -0.39 is 44.4 Å². The average Bonchev–Trinajstić information content (AvgIpc) is 3.17. The number of nitrogens with one attached hydrogen (secondary N) is 1. The monoisotopic (exact) mass is 355 g/mol. The van der Waals surface area contributed by atoms with Gasteiger partial charge in [-0.15, -0.1) is 0 Å². The van der Waals surface area contributed by atoms with Gasteiger partial charge in [-0.3, -0.25) is 14.9 Å². The third kappa shape index (κ3) is 2.49. The first-order chi connectivity index (χ1) is 11.3. The number of hydrogen-bond acceptors (Lipinski definition) is 7. The van der Waals surface area contributed by atoms with Crippen LogP contribution >= 0.6 is 0 Å². The van der Waals surface area contributed by atoms with E-state index in [1.165, 1.54) is 36.8 Å². The Balaban J connectivity index is 2.16. The topological polar surface area (TPSA) is 147 Å². The van der Waals surface area contributed by atoms with Crippen molar-refractivity contribution in [2.45, 2.75) is 22.6 Å². The quantitative estimate of drug-likeness (QED) is 0.716. The molecule has 0 saturated carbocycles. The Hall–Kier alpha value is -2.59. The summed E-state index contributed by atoms with van der Waals surface area (Å²) in [5.74, 6) is -3.17. The van der Waals surface area contributed by atoms with Gasteiger partial charge < -0.3 is 19.0 Å². The summed E-state index contributed by atoms with van der Waals surface area (Å²) in [4.78, 5) is 23.1. The van der Waals surface area contributed by atoms with Crippen LogP contribution in [0.4, 0.5) is 0 Å². The average molecular weight is 355 g/mol. The van der Waals surface area contributed by atoms with Crippen LogP contribution < -0.4 is 5.32 Å². The van der Waals surface area contributed by atoms with E-state index in [2.05, 4.69) is 5.32 Å². The van der Waals surface area contributed by atoms with Gasteiger partial charge in [0, 0.05) is 0 Å². The molecule has 10 heteroatoms. The second-order valence-electron chi connectivity index (χ2n) is 5.26. The lowest BCUT2D eigenvalue weighted by atomic mass is 10.0.